The Morgan fingerprint density at radius 2 is 1.63 bits per heavy atom. The summed E-state index contributed by atoms with van der Waals surface area (Å²) in [4.78, 5) is 9.36. The van der Waals surface area contributed by atoms with Gasteiger partial charge in [-0.15, -0.1) is 0 Å². The molecule has 10 heteroatoms. The van der Waals surface area contributed by atoms with E-state index in [1.165, 1.54) is 0 Å². The van der Waals surface area contributed by atoms with Gasteiger partial charge in [0.1, 0.15) is 4.90 Å². The number of carbonyl (C=O) groups is 1. The number of nitrogens with zero attached hydrogens (tertiary/aromatic N) is 1. The van der Waals surface area contributed by atoms with Crippen molar-refractivity contribution in [2.24, 2.45) is 0 Å². The van der Waals surface area contributed by atoms with E-state index in [0.717, 1.165) is 14.1 Å². The average Bonchev–Trinajstić information content (AvgIpc) is 2.25. The van der Waals surface area contributed by atoms with E-state index in [4.69, 9.17) is 5.11 Å². The summed E-state index contributed by atoms with van der Waals surface area (Å²) in [5.41, 5.74) is -1.26. The molecular formula is C9H9F3LiNO4S. The molecule has 0 atom stereocenters. The molecule has 1 rings (SSSR count). The molecule has 0 saturated heterocycles. The van der Waals surface area contributed by atoms with Gasteiger partial charge in [0.05, 0.1) is 5.56 Å². The van der Waals surface area contributed by atoms with E-state index >= 15 is 0 Å². The first kappa shape index (κ1) is 18.0. The van der Waals surface area contributed by atoms with Crippen molar-refractivity contribution in [1.82, 2.24) is 4.31 Å². The maximum atomic E-state index is 13.3. The van der Waals surface area contributed by atoms with Crippen LogP contribution in [0.2, 0.25) is 0 Å². The summed E-state index contributed by atoms with van der Waals surface area (Å²) < 4.78 is 63.3. The second-order valence-corrected chi connectivity index (χ2v) is 5.58. The van der Waals surface area contributed by atoms with Gasteiger partial charge in [0.2, 0.25) is 10.0 Å². The Labute approximate surface area is 119 Å². The predicted octanol–water partition coefficient (Wildman–Crippen LogP) is 0.404. The fourth-order valence-electron chi connectivity index (χ4n) is 1.12. The Bertz CT molecular complexity index is 618. The summed E-state index contributed by atoms with van der Waals surface area (Å²) >= 11 is 0. The third-order valence-corrected chi connectivity index (χ3v) is 3.92. The van der Waals surface area contributed by atoms with Crippen molar-refractivity contribution >= 4 is 34.9 Å². The van der Waals surface area contributed by atoms with Gasteiger partial charge >= 0.3 is 24.8 Å². The van der Waals surface area contributed by atoms with Crippen LogP contribution >= 0.6 is 0 Å². The zero-order valence-corrected chi connectivity index (χ0v) is 10.1. The van der Waals surface area contributed by atoms with E-state index in [-0.39, 0.29) is 24.9 Å². The monoisotopic (exact) mass is 291 g/mol. The Morgan fingerprint density at radius 3 is 2.00 bits per heavy atom. The number of sulfonamides is 1. The fraction of sp³-hybridized carbons (Fsp3) is 0.222. The van der Waals surface area contributed by atoms with Crippen LogP contribution in [-0.4, -0.2) is 56.8 Å². The molecule has 0 aliphatic carbocycles. The molecule has 0 radical (unpaired) electrons. The van der Waals surface area contributed by atoms with Crippen LogP contribution in [0.25, 0.3) is 0 Å². The van der Waals surface area contributed by atoms with E-state index in [0.29, 0.717) is 4.31 Å². The molecule has 102 valence electrons. The van der Waals surface area contributed by atoms with Crippen LogP contribution in [0.4, 0.5) is 13.2 Å². The molecule has 0 unspecified atom stereocenters. The van der Waals surface area contributed by atoms with Crippen LogP contribution in [0.15, 0.2) is 11.0 Å². The maximum absolute atomic E-state index is 13.3. The van der Waals surface area contributed by atoms with Crippen LogP contribution in [-0.2, 0) is 10.0 Å². The first-order valence-electron chi connectivity index (χ1n) is 4.44. The van der Waals surface area contributed by atoms with Gasteiger partial charge in [0.15, 0.2) is 17.5 Å². The first-order chi connectivity index (χ1) is 8.10. The molecule has 19 heavy (non-hydrogen) atoms. The van der Waals surface area contributed by atoms with Crippen molar-refractivity contribution < 1.29 is 31.5 Å². The topological polar surface area (TPSA) is 74.7 Å². The number of rotatable bonds is 3. The minimum atomic E-state index is -4.41. The zero-order valence-electron chi connectivity index (χ0n) is 9.24. The molecular weight excluding hydrogens is 282 g/mol. The van der Waals surface area contributed by atoms with Gasteiger partial charge in [0, 0.05) is 14.1 Å². The minimum absolute atomic E-state index is 0. The van der Waals surface area contributed by atoms with E-state index in [1.54, 1.807) is 0 Å². The zero-order chi connectivity index (χ0) is 14.2. The third-order valence-electron chi connectivity index (χ3n) is 2.10. The molecule has 0 bridgehead atoms. The number of benzene rings is 1. The van der Waals surface area contributed by atoms with Gasteiger partial charge in [0.25, 0.3) is 0 Å². The molecule has 0 aliphatic rings. The van der Waals surface area contributed by atoms with Crippen molar-refractivity contribution in [2.45, 2.75) is 4.90 Å². The van der Waals surface area contributed by atoms with Crippen LogP contribution in [0, 0.1) is 17.5 Å². The summed E-state index contributed by atoms with van der Waals surface area (Å²) in [7, 11) is -2.34. The predicted molar refractivity (Wildman–Crippen MR) is 61.3 cm³/mol. The van der Waals surface area contributed by atoms with Crippen molar-refractivity contribution in [3.8, 4) is 0 Å². The number of aromatic carboxylic acids is 1. The van der Waals surface area contributed by atoms with Gasteiger partial charge in [-0.05, 0) is 6.07 Å². The van der Waals surface area contributed by atoms with Gasteiger partial charge in [-0.1, -0.05) is 0 Å². The number of halogens is 3. The number of carboxylic acid groups (broad SMARTS) is 1. The van der Waals surface area contributed by atoms with Crippen LogP contribution < -0.4 is 0 Å². The Morgan fingerprint density at radius 1 is 1.16 bits per heavy atom. The summed E-state index contributed by atoms with van der Waals surface area (Å²) in [6.45, 7) is 0. The molecule has 0 aliphatic heterocycles. The quantitative estimate of drug-likeness (QED) is 0.646. The van der Waals surface area contributed by atoms with E-state index in [2.05, 4.69) is 0 Å². The first-order valence-corrected chi connectivity index (χ1v) is 5.88. The second kappa shape index (κ2) is 5.96. The Balaban J connectivity index is 0.00000324. The fourth-order valence-corrected chi connectivity index (χ4v) is 2.10. The third kappa shape index (κ3) is 3.12. The number of hydrogen-bond acceptors (Lipinski definition) is 3. The molecule has 0 aromatic heterocycles. The molecule has 0 spiro atoms. The van der Waals surface area contributed by atoms with E-state index < -0.39 is 43.9 Å². The van der Waals surface area contributed by atoms with E-state index in [9.17, 15) is 26.4 Å². The van der Waals surface area contributed by atoms with Crippen molar-refractivity contribution in [3.63, 3.8) is 0 Å². The standard InChI is InChI=1S/C9H8F3NO4S.Li.H/c1-13(2)18(16,17)5-3-4(9(14)15)6(10)8(12)7(5)11;;/h3H,1-2H3,(H,14,15);;. The van der Waals surface area contributed by atoms with Gasteiger partial charge in [-0.3, -0.25) is 0 Å². The second-order valence-electron chi connectivity index (χ2n) is 3.46. The molecule has 1 aromatic carbocycles. The van der Waals surface area contributed by atoms with Gasteiger partial charge in [-0.25, -0.2) is 30.7 Å². The van der Waals surface area contributed by atoms with Crippen LogP contribution in [0.1, 0.15) is 10.4 Å². The summed E-state index contributed by atoms with van der Waals surface area (Å²) in [5, 5.41) is 8.57. The normalized spacial score (nSPS) is 11.3. The van der Waals surface area contributed by atoms with Gasteiger partial charge in [-0.2, -0.15) is 0 Å². The van der Waals surface area contributed by atoms with Crippen LogP contribution in [0.3, 0.4) is 0 Å². The van der Waals surface area contributed by atoms with Crippen LogP contribution in [0.5, 0.6) is 0 Å². The number of hydrogen-bond donors (Lipinski definition) is 1. The molecule has 0 heterocycles. The Kier molecular flexibility index (Phi) is 5.64. The molecule has 0 amide bonds. The summed E-state index contributed by atoms with van der Waals surface area (Å²) in [5.74, 6) is -7.94. The average molecular weight is 291 g/mol. The molecule has 0 fully saturated rings. The van der Waals surface area contributed by atoms with Crippen molar-refractivity contribution in [2.75, 3.05) is 14.1 Å². The Hall–Kier alpha value is -1.01. The molecule has 1 N–H and O–H groups in total. The SMILES string of the molecule is CN(C)S(=O)(=O)c1cc(C(=O)O)c(F)c(F)c1F.[LiH]. The molecule has 0 saturated carbocycles. The van der Waals surface area contributed by atoms with E-state index in [1.807, 2.05) is 0 Å². The molecule has 1 aromatic rings. The summed E-state index contributed by atoms with van der Waals surface area (Å²) in [6.07, 6.45) is 0. The van der Waals surface area contributed by atoms with Gasteiger partial charge < -0.3 is 5.11 Å². The van der Waals surface area contributed by atoms with Crippen molar-refractivity contribution in [3.05, 3.63) is 29.1 Å². The summed E-state index contributed by atoms with van der Waals surface area (Å²) in [6, 6.07) is 0.241. The van der Waals surface area contributed by atoms with Crippen molar-refractivity contribution in [1.29, 1.82) is 0 Å². The molecule has 5 nitrogen and oxygen atoms in total. The number of carboxylic acids is 1.